The van der Waals surface area contributed by atoms with Crippen LogP contribution in [0.4, 0.5) is 8.78 Å². The Bertz CT molecular complexity index is 1270. The number of benzene rings is 3. The number of halogens is 2. The van der Waals surface area contributed by atoms with Crippen LogP contribution in [-0.2, 0) is 6.42 Å². The largest absolute Gasteiger partial charge is 0.281 e. The maximum Gasteiger partial charge on any atom is 0.129 e. The molecule has 0 aromatic heterocycles. The molecule has 3 heteroatoms. The van der Waals surface area contributed by atoms with Gasteiger partial charge in [0.15, 0.2) is 0 Å². The van der Waals surface area contributed by atoms with Crippen LogP contribution < -0.4 is 0 Å². The Morgan fingerprint density at radius 2 is 1.72 bits per heavy atom. The first-order valence-corrected chi connectivity index (χ1v) is 13.2. The van der Waals surface area contributed by atoms with Gasteiger partial charge in [-0.15, -0.1) is 0 Å². The van der Waals surface area contributed by atoms with E-state index >= 15 is 0 Å². The van der Waals surface area contributed by atoms with E-state index in [1.54, 1.807) is 6.07 Å². The fraction of sp³-hybridized carbons (Fsp3) is 0.364. The molecular formula is C33H37F2N. The summed E-state index contributed by atoms with van der Waals surface area (Å²) >= 11 is 0. The smallest absolute Gasteiger partial charge is 0.129 e. The van der Waals surface area contributed by atoms with Gasteiger partial charge in [0.2, 0.25) is 0 Å². The Morgan fingerprint density at radius 3 is 2.39 bits per heavy atom. The number of fused-ring (bicyclic) bond motifs is 1. The first kappa shape index (κ1) is 26.0. The van der Waals surface area contributed by atoms with Crippen LogP contribution in [0.1, 0.15) is 93.7 Å². The van der Waals surface area contributed by atoms with Crippen molar-refractivity contribution in [1.82, 2.24) is 0 Å². The van der Waals surface area contributed by atoms with Crippen LogP contribution in [0.15, 0.2) is 77.3 Å². The molecule has 0 saturated heterocycles. The van der Waals surface area contributed by atoms with Crippen LogP contribution in [0.5, 0.6) is 0 Å². The first-order chi connectivity index (χ1) is 17.3. The molecule has 1 aliphatic rings. The predicted molar refractivity (Wildman–Crippen MR) is 148 cm³/mol. The summed E-state index contributed by atoms with van der Waals surface area (Å²) in [5, 5.41) is 0. The monoisotopic (exact) mass is 485 g/mol. The molecule has 4 rings (SSSR count). The normalized spacial score (nSPS) is 19.1. The van der Waals surface area contributed by atoms with E-state index in [4.69, 9.17) is 4.99 Å². The van der Waals surface area contributed by atoms with E-state index in [0.717, 1.165) is 31.0 Å². The molecule has 188 valence electrons. The summed E-state index contributed by atoms with van der Waals surface area (Å²) in [5.74, 6) is -0.483. The molecule has 0 amide bonds. The lowest BCUT2D eigenvalue weighted by Gasteiger charge is -2.24. The highest BCUT2D eigenvalue weighted by Gasteiger charge is 2.28. The van der Waals surface area contributed by atoms with Gasteiger partial charge in [-0.25, -0.2) is 8.78 Å². The molecule has 3 atom stereocenters. The molecule has 0 spiro atoms. The van der Waals surface area contributed by atoms with Crippen molar-refractivity contribution in [2.24, 2.45) is 10.9 Å². The average Bonchev–Trinajstić information content (AvgIpc) is 2.97. The summed E-state index contributed by atoms with van der Waals surface area (Å²) in [7, 11) is 0. The molecule has 3 aromatic rings. The van der Waals surface area contributed by atoms with E-state index < -0.39 is 11.6 Å². The highest BCUT2D eigenvalue weighted by molar-refractivity contribution is 6.01. The molecule has 3 aromatic carbocycles. The number of nitrogens with zero attached hydrogens (tertiary/aromatic N) is 1. The van der Waals surface area contributed by atoms with Crippen LogP contribution >= 0.6 is 0 Å². The lowest BCUT2D eigenvalue weighted by atomic mass is 9.80. The van der Waals surface area contributed by atoms with Gasteiger partial charge in [0.05, 0.1) is 6.04 Å². The molecule has 0 bridgehead atoms. The SMILES string of the molecule is CCC(=NC(CC)c1ccccc1)c1ccc2c(c1)C(C)=C(C)CC(Cc1ccc(F)cc1F)C2C. The maximum absolute atomic E-state index is 14.5. The van der Waals surface area contributed by atoms with Gasteiger partial charge in [0, 0.05) is 11.8 Å². The Balaban J connectivity index is 1.70. The standard InChI is InChI=1S/C33H37F2N/c1-6-32(24-11-9-8-10-12-24)36-33(7-2)26-14-16-29-23(5)27(17-21(3)22(4)30(29)19-26)18-25-13-15-28(34)20-31(25)35/h8-16,19-20,23,27,32H,6-7,17-18H2,1-5H3. The molecule has 3 unspecified atom stereocenters. The molecule has 0 fully saturated rings. The van der Waals surface area contributed by atoms with E-state index in [0.29, 0.717) is 12.0 Å². The van der Waals surface area contributed by atoms with Crippen molar-refractivity contribution < 1.29 is 8.78 Å². The second-order valence-electron chi connectivity index (χ2n) is 10.2. The second-order valence-corrected chi connectivity index (χ2v) is 10.2. The molecule has 0 aliphatic heterocycles. The highest BCUT2D eigenvalue weighted by atomic mass is 19.1. The summed E-state index contributed by atoms with van der Waals surface area (Å²) in [6.07, 6.45) is 3.31. The Kier molecular flexibility index (Phi) is 8.18. The molecule has 0 N–H and O–H groups in total. The van der Waals surface area contributed by atoms with Gasteiger partial charge in [-0.3, -0.25) is 4.99 Å². The van der Waals surface area contributed by atoms with Gasteiger partial charge in [-0.2, -0.15) is 0 Å². The van der Waals surface area contributed by atoms with Crippen molar-refractivity contribution in [3.8, 4) is 0 Å². The van der Waals surface area contributed by atoms with Crippen molar-refractivity contribution in [2.45, 2.75) is 72.3 Å². The van der Waals surface area contributed by atoms with E-state index in [1.165, 1.54) is 39.5 Å². The van der Waals surface area contributed by atoms with Gasteiger partial charge in [0.1, 0.15) is 11.6 Å². The van der Waals surface area contributed by atoms with Crippen LogP contribution in [0.25, 0.3) is 5.57 Å². The van der Waals surface area contributed by atoms with Crippen molar-refractivity contribution in [2.75, 3.05) is 0 Å². The number of aliphatic imine (C=N–C) groups is 1. The second kappa shape index (κ2) is 11.3. The quantitative estimate of drug-likeness (QED) is 0.296. The summed E-state index contributed by atoms with van der Waals surface area (Å²) in [6.45, 7) is 11.0. The van der Waals surface area contributed by atoms with Gasteiger partial charge in [0.25, 0.3) is 0 Å². The molecule has 0 heterocycles. The number of rotatable bonds is 7. The topological polar surface area (TPSA) is 12.4 Å². The van der Waals surface area contributed by atoms with E-state index in [-0.39, 0.29) is 17.9 Å². The number of hydrogen-bond donors (Lipinski definition) is 0. The number of hydrogen-bond acceptors (Lipinski definition) is 1. The third-order valence-electron chi connectivity index (χ3n) is 7.91. The van der Waals surface area contributed by atoms with Crippen molar-refractivity contribution in [3.05, 3.63) is 112 Å². The molecule has 0 radical (unpaired) electrons. The van der Waals surface area contributed by atoms with E-state index in [9.17, 15) is 8.78 Å². The molecule has 1 aliphatic carbocycles. The van der Waals surface area contributed by atoms with Crippen molar-refractivity contribution in [1.29, 1.82) is 0 Å². The zero-order valence-corrected chi connectivity index (χ0v) is 22.1. The molecular weight excluding hydrogens is 448 g/mol. The summed E-state index contributed by atoms with van der Waals surface area (Å²) in [6, 6.07) is 21.4. The third-order valence-corrected chi connectivity index (χ3v) is 7.91. The van der Waals surface area contributed by atoms with Crippen molar-refractivity contribution in [3.63, 3.8) is 0 Å². The van der Waals surface area contributed by atoms with Gasteiger partial charge < -0.3 is 0 Å². The highest BCUT2D eigenvalue weighted by Crippen LogP contribution is 2.42. The van der Waals surface area contributed by atoms with Crippen LogP contribution in [-0.4, -0.2) is 5.71 Å². The first-order valence-electron chi connectivity index (χ1n) is 13.2. The van der Waals surface area contributed by atoms with Crippen LogP contribution in [0.3, 0.4) is 0 Å². The fourth-order valence-electron chi connectivity index (χ4n) is 5.52. The van der Waals surface area contributed by atoms with E-state index in [2.05, 4.69) is 77.1 Å². The van der Waals surface area contributed by atoms with E-state index in [1.807, 2.05) is 6.07 Å². The Morgan fingerprint density at radius 1 is 0.972 bits per heavy atom. The predicted octanol–water partition coefficient (Wildman–Crippen LogP) is 9.47. The molecule has 1 nitrogen and oxygen atoms in total. The zero-order chi connectivity index (χ0) is 25.8. The average molecular weight is 486 g/mol. The lowest BCUT2D eigenvalue weighted by molar-refractivity contribution is 0.432. The minimum Gasteiger partial charge on any atom is -0.281 e. The van der Waals surface area contributed by atoms with Crippen molar-refractivity contribution >= 4 is 11.3 Å². The summed E-state index contributed by atoms with van der Waals surface area (Å²) in [5.41, 5.74) is 9.33. The lowest BCUT2D eigenvalue weighted by Crippen LogP contribution is -2.14. The van der Waals surface area contributed by atoms with Gasteiger partial charge in [-0.1, -0.05) is 74.9 Å². The van der Waals surface area contributed by atoms with Gasteiger partial charge >= 0.3 is 0 Å². The minimum atomic E-state index is -0.527. The summed E-state index contributed by atoms with van der Waals surface area (Å²) in [4.78, 5) is 5.20. The molecule has 36 heavy (non-hydrogen) atoms. The Hall–Kier alpha value is -3.07. The fourth-order valence-corrected chi connectivity index (χ4v) is 5.52. The Labute approximate surface area is 215 Å². The van der Waals surface area contributed by atoms with Gasteiger partial charge in [-0.05, 0) is 96.9 Å². The minimum absolute atomic E-state index is 0.146. The molecule has 0 saturated carbocycles. The third kappa shape index (κ3) is 5.51. The van der Waals surface area contributed by atoms with Crippen LogP contribution in [0, 0.1) is 17.6 Å². The van der Waals surface area contributed by atoms with Crippen LogP contribution in [0.2, 0.25) is 0 Å². The number of allylic oxidation sites excluding steroid dienone is 2. The zero-order valence-electron chi connectivity index (χ0n) is 22.1. The summed E-state index contributed by atoms with van der Waals surface area (Å²) < 4.78 is 27.9. The maximum atomic E-state index is 14.5.